The molecular formula is C10H8ClN3O. The molecule has 15 heavy (non-hydrogen) atoms. The Labute approximate surface area is 91.9 Å². The van der Waals surface area contributed by atoms with Gasteiger partial charge >= 0.3 is 0 Å². The minimum atomic E-state index is 0.351. The fourth-order valence-electron chi connectivity index (χ4n) is 1.02. The van der Waals surface area contributed by atoms with Crippen molar-refractivity contribution in [2.24, 2.45) is 0 Å². The first-order chi connectivity index (χ1) is 7.34. The van der Waals surface area contributed by atoms with Crippen LogP contribution in [-0.4, -0.2) is 15.2 Å². The normalized spacial score (nSPS) is 9.93. The van der Waals surface area contributed by atoms with E-state index in [4.69, 9.17) is 16.3 Å². The summed E-state index contributed by atoms with van der Waals surface area (Å²) in [6.07, 6.45) is 3.45. The monoisotopic (exact) mass is 221 g/mol. The average Bonchev–Trinajstić information content (AvgIpc) is 2.30. The molecule has 0 fully saturated rings. The highest BCUT2D eigenvalue weighted by atomic mass is 35.5. The molecule has 0 saturated carbocycles. The Balaban J connectivity index is 1.96. The highest BCUT2D eigenvalue weighted by Gasteiger charge is 1.97. The van der Waals surface area contributed by atoms with Gasteiger partial charge in [-0.2, -0.15) is 0 Å². The third-order valence-corrected chi connectivity index (χ3v) is 1.92. The van der Waals surface area contributed by atoms with Crippen LogP contribution in [0.25, 0.3) is 0 Å². The van der Waals surface area contributed by atoms with E-state index in [1.165, 1.54) is 0 Å². The van der Waals surface area contributed by atoms with Crippen LogP contribution in [0.4, 0.5) is 0 Å². The molecule has 0 aliphatic rings. The van der Waals surface area contributed by atoms with Crippen molar-refractivity contribution in [3.05, 3.63) is 47.4 Å². The van der Waals surface area contributed by atoms with Crippen molar-refractivity contribution >= 4 is 11.6 Å². The van der Waals surface area contributed by atoms with Crippen molar-refractivity contribution in [3.8, 4) is 5.88 Å². The van der Waals surface area contributed by atoms with Crippen LogP contribution in [0.5, 0.6) is 5.88 Å². The van der Waals surface area contributed by atoms with Gasteiger partial charge in [0, 0.05) is 24.0 Å². The van der Waals surface area contributed by atoms with Crippen LogP contribution >= 0.6 is 11.6 Å². The lowest BCUT2D eigenvalue weighted by Crippen LogP contribution is -1.98. The van der Waals surface area contributed by atoms with Crippen LogP contribution in [0.15, 0.2) is 36.7 Å². The van der Waals surface area contributed by atoms with Crippen molar-refractivity contribution in [1.82, 2.24) is 15.2 Å². The Morgan fingerprint density at radius 3 is 2.80 bits per heavy atom. The van der Waals surface area contributed by atoms with Crippen LogP contribution in [0.3, 0.4) is 0 Å². The lowest BCUT2D eigenvalue weighted by Gasteiger charge is -2.03. The second kappa shape index (κ2) is 4.70. The Hall–Kier alpha value is -1.68. The first kappa shape index (κ1) is 9.86. The lowest BCUT2D eigenvalue weighted by atomic mass is 10.3. The van der Waals surface area contributed by atoms with Gasteiger partial charge in [0.15, 0.2) is 5.15 Å². The zero-order valence-corrected chi connectivity index (χ0v) is 8.55. The van der Waals surface area contributed by atoms with Crippen molar-refractivity contribution in [2.75, 3.05) is 0 Å². The molecule has 0 aliphatic carbocycles. The smallest absolute Gasteiger partial charge is 0.233 e. The maximum atomic E-state index is 5.59. The molecule has 2 heterocycles. The average molecular weight is 222 g/mol. The molecule has 0 spiro atoms. The highest BCUT2D eigenvalue weighted by Crippen LogP contribution is 2.10. The number of aromatic nitrogens is 3. The molecular weight excluding hydrogens is 214 g/mol. The molecule has 0 saturated heterocycles. The van der Waals surface area contributed by atoms with Crippen LogP contribution < -0.4 is 4.74 Å². The van der Waals surface area contributed by atoms with E-state index in [9.17, 15) is 0 Å². The summed E-state index contributed by atoms with van der Waals surface area (Å²) in [5, 5.41) is 7.79. The zero-order valence-electron chi connectivity index (χ0n) is 7.80. The summed E-state index contributed by atoms with van der Waals surface area (Å²) in [5.41, 5.74) is 0.981. The van der Waals surface area contributed by atoms with Crippen molar-refractivity contribution in [1.29, 1.82) is 0 Å². The van der Waals surface area contributed by atoms with E-state index >= 15 is 0 Å². The largest absolute Gasteiger partial charge is 0.472 e. The molecule has 2 aromatic heterocycles. The first-order valence-electron chi connectivity index (χ1n) is 4.35. The van der Waals surface area contributed by atoms with Gasteiger partial charge < -0.3 is 4.74 Å². The molecule has 76 valence electrons. The molecule has 0 aromatic carbocycles. The standard InChI is InChI=1S/C10H8ClN3O/c11-9-3-4-10(14-13-9)15-7-8-2-1-5-12-6-8/h1-6H,7H2. The summed E-state index contributed by atoms with van der Waals surface area (Å²) in [7, 11) is 0. The second-order valence-electron chi connectivity index (χ2n) is 2.84. The van der Waals surface area contributed by atoms with E-state index in [1.54, 1.807) is 24.5 Å². The van der Waals surface area contributed by atoms with E-state index in [-0.39, 0.29) is 0 Å². The van der Waals surface area contributed by atoms with E-state index in [2.05, 4.69) is 15.2 Å². The molecule has 4 nitrogen and oxygen atoms in total. The SMILES string of the molecule is Clc1ccc(OCc2cccnc2)nn1. The molecule has 0 atom stereocenters. The Morgan fingerprint density at radius 2 is 2.13 bits per heavy atom. The minimum absolute atomic E-state index is 0.351. The van der Waals surface area contributed by atoms with Crippen LogP contribution in [0.1, 0.15) is 5.56 Å². The summed E-state index contributed by atoms with van der Waals surface area (Å²) in [6.45, 7) is 0.421. The van der Waals surface area contributed by atoms with Gasteiger partial charge in [-0.1, -0.05) is 17.7 Å². The van der Waals surface area contributed by atoms with Crippen molar-refractivity contribution < 1.29 is 4.74 Å². The number of halogens is 1. The van der Waals surface area contributed by atoms with Crippen LogP contribution in [0.2, 0.25) is 5.15 Å². The van der Waals surface area contributed by atoms with Gasteiger partial charge in [-0.3, -0.25) is 4.98 Å². The van der Waals surface area contributed by atoms with Gasteiger partial charge in [0.2, 0.25) is 5.88 Å². The van der Waals surface area contributed by atoms with E-state index < -0.39 is 0 Å². The van der Waals surface area contributed by atoms with E-state index in [0.717, 1.165) is 5.56 Å². The first-order valence-corrected chi connectivity index (χ1v) is 4.73. The fourth-order valence-corrected chi connectivity index (χ4v) is 1.12. The molecule has 2 aromatic rings. The Morgan fingerprint density at radius 1 is 1.20 bits per heavy atom. The molecule has 0 unspecified atom stereocenters. The second-order valence-corrected chi connectivity index (χ2v) is 3.23. The molecule has 5 heteroatoms. The number of rotatable bonds is 3. The number of hydrogen-bond acceptors (Lipinski definition) is 4. The summed E-state index contributed by atoms with van der Waals surface area (Å²) in [4.78, 5) is 3.97. The van der Waals surface area contributed by atoms with Crippen molar-refractivity contribution in [3.63, 3.8) is 0 Å². The van der Waals surface area contributed by atoms with Gasteiger partial charge in [0.1, 0.15) is 6.61 Å². The van der Waals surface area contributed by atoms with Gasteiger partial charge in [0.25, 0.3) is 0 Å². The van der Waals surface area contributed by atoms with E-state index in [0.29, 0.717) is 17.6 Å². The number of hydrogen-bond donors (Lipinski definition) is 0. The Kier molecular flexibility index (Phi) is 3.09. The molecule has 0 aliphatic heterocycles. The summed E-state index contributed by atoms with van der Waals surface area (Å²) in [6, 6.07) is 7.08. The van der Waals surface area contributed by atoms with Gasteiger partial charge in [-0.25, -0.2) is 0 Å². The van der Waals surface area contributed by atoms with Crippen LogP contribution in [0, 0.1) is 0 Å². The summed E-state index contributed by atoms with van der Waals surface area (Å²) in [5.74, 6) is 0.447. The number of pyridine rings is 1. The van der Waals surface area contributed by atoms with Gasteiger partial charge in [-0.05, 0) is 12.1 Å². The third-order valence-electron chi connectivity index (χ3n) is 1.72. The number of ether oxygens (including phenoxy) is 1. The maximum absolute atomic E-state index is 5.59. The molecule has 0 bridgehead atoms. The quantitative estimate of drug-likeness (QED) is 0.797. The summed E-state index contributed by atoms with van der Waals surface area (Å²) < 4.78 is 5.37. The predicted octanol–water partition coefficient (Wildman–Crippen LogP) is 2.10. The highest BCUT2D eigenvalue weighted by molar-refractivity contribution is 6.29. The lowest BCUT2D eigenvalue weighted by molar-refractivity contribution is 0.290. The molecule has 2 rings (SSSR count). The molecule has 0 N–H and O–H groups in total. The number of nitrogens with zero attached hydrogens (tertiary/aromatic N) is 3. The van der Waals surface area contributed by atoms with E-state index in [1.807, 2.05) is 12.1 Å². The van der Waals surface area contributed by atoms with Gasteiger partial charge in [0.05, 0.1) is 0 Å². The predicted molar refractivity (Wildman–Crippen MR) is 55.6 cm³/mol. The van der Waals surface area contributed by atoms with Crippen LogP contribution in [-0.2, 0) is 6.61 Å². The third kappa shape index (κ3) is 2.89. The fraction of sp³-hybridized carbons (Fsp3) is 0.100. The summed E-state index contributed by atoms with van der Waals surface area (Å²) >= 11 is 5.59. The van der Waals surface area contributed by atoms with Crippen molar-refractivity contribution in [2.45, 2.75) is 6.61 Å². The topological polar surface area (TPSA) is 47.9 Å². The maximum Gasteiger partial charge on any atom is 0.233 e. The molecule has 0 amide bonds. The van der Waals surface area contributed by atoms with Gasteiger partial charge in [-0.15, -0.1) is 10.2 Å². The molecule has 0 radical (unpaired) electrons. The Bertz CT molecular complexity index is 418. The minimum Gasteiger partial charge on any atom is -0.472 e. The zero-order chi connectivity index (χ0) is 10.5.